The molecule has 16 heteroatoms. The summed E-state index contributed by atoms with van der Waals surface area (Å²) in [6, 6.07) is 10.3. The first-order valence-electron chi connectivity index (χ1n) is 18.4. The Balaban J connectivity index is 2.05. The van der Waals surface area contributed by atoms with Crippen molar-refractivity contribution in [2.24, 2.45) is 0 Å². The molecule has 0 aliphatic carbocycles. The third kappa shape index (κ3) is 13.2. The lowest BCUT2D eigenvalue weighted by Gasteiger charge is -2.33. The smallest absolute Gasteiger partial charge is 0.303 e. The number of benzene rings is 2. The number of hydrogen-bond donors (Lipinski definition) is 4. The third-order valence-corrected chi connectivity index (χ3v) is 12.9. The largest absolute Gasteiger partial charge is 0.481 e. The van der Waals surface area contributed by atoms with Crippen LogP contribution in [0.25, 0.3) is 0 Å². The second kappa shape index (κ2) is 19.7. The van der Waals surface area contributed by atoms with Gasteiger partial charge in [-0.1, -0.05) is 62.4 Å². The van der Waals surface area contributed by atoms with Gasteiger partial charge in [0, 0.05) is 42.3 Å². The zero-order valence-corrected chi connectivity index (χ0v) is 34.9. The molecule has 1 aliphatic heterocycles. The quantitative estimate of drug-likeness (QED) is 0.0505. The lowest BCUT2D eigenvalue weighted by atomic mass is 9.71. The Labute approximate surface area is 332 Å². The number of fused-ring (bicyclic) bond motifs is 1. The molecule has 2 aromatic rings. The van der Waals surface area contributed by atoms with E-state index in [1.807, 2.05) is 31.2 Å². The number of anilines is 1. The molecule has 0 radical (unpaired) electrons. The average molecular weight is 838 g/mol. The number of aliphatic carboxylic acids is 1. The Morgan fingerprint density at radius 1 is 0.911 bits per heavy atom. The van der Waals surface area contributed by atoms with Gasteiger partial charge >= 0.3 is 5.97 Å². The van der Waals surface area contributed by atoms with E-state index >= 15 is 0 Å². The van der Waals surface area contributed by atoms with Gasteiger partial charge in [-0.3, -0.25) is 18.5 Å². The van der Waals surface area contributed by atoms with Crippen LogP contribution < -0.4 is 4.90 Å². The predicted octanol–water partition coefficient (Wildman–Crippen LogP) is 7.00. The monoisotopic (exact) mass is 837 g/mol. The van der Waals surface area contributed by atoms with Crippen molar-refractivity contribution in [2.75, 3.05) is 36.7 Å². The van der Waals surface area contributed by atoms with Gasteiger partial charge in [-0.25, -0.2) is 0 Å². The van der Waals surface area contributed by atoms with Crippen molar-refractivity contribution in [2.45, 2.75) is 94.3 Å². The first-order chi connectivity index (χ1) is 26.0. The summed E-state index contributed by atoms with van der Waals surface area (Å²) in [6.45, 7) is 10.9. The molecular weight excluding hydrogens is 783 g/mol. The summed E-state index contributed by atoms with van der Waals surface area (Å²) >= 11 is 0. The van der Waals surface area contributed by atoms with Crippen LogP contribution in [0.15, 0.2) is 89.5 Å². The van der Waals surface area contributed by atoms with Crippen LogP contribution in [0, 0.1) is 6.92 Å². The van der Waals surface area contributed by atoms with Crippen molar-refractivity contribution < 1.29 is 53.5 Å². The molecule has 2 aromatic carbocycles. The molecular formula is C40H55NO12S3. The Kier molecular flexibility index (Phi) is 16.4. The number of rotatable bonds is 23. The van der Waals surface area contributed by atoms with Gasteiger partial charge in [-0.05, 0) is 111 Å². The minimum atomic E-state index is -4.55. The number of carbonyl (C=O) groups is 1. The molecule has 2 unspecified atom stereocenters. The molecule has 3 rings (SSSR count). The summed E-state index contributed by atoms with van der Waals surface area (Å²) in [6.07, 6.45) is 12.5. The Morgan fingerprint density at radius 2 is 1.59 bits per heavy atom. The lowest BCUT2D eigenvalue weighted by Crippen LogP contribution is -2.30. The number of carboxylic acids is 1. The first kappa shape index (κ1) is 46.7. The zero-order valence-electron chi connectivity index (χ0n) is 32.5. The molecule has 0 amide bonds. The van der Waals surface area contributed by atoms with Gasteiger partial charge in [0.25, 0.3) is 30.4 Å². The van der Waals surface area contributed by atoms with E-state index in [2.05, 4.69) is 17.5 Å². The van der Waals surface area contributed by atoms with Gasteiger partial charge in [0.2, 0.25) is 0 Å². The standard InChI is InChI=1S/C40H55NO12S3/c1-30-17-19-33(56(50,51)52)29-34(30)39(3,22-12-26-54(44,45)46)31(2)14-8-6-9-15-37-40(4,23-13-27-55(47,48)49)35-28-32(21-25-53-5)18-20-36(35)41(37)24-11-7-10-16-38(42)43/h6,8-9,14-15,17-20,28-29H,2,7,10-13,16,21-27H2,1,3-5H3,(H,42,43)(H,44,45,46)(H,47,48,49)(H,50,51,52)/b9-6+,14-8+,37-15+. The molecule has 0 saturated heterocycles. The molecule has 4 N–H and O–H groups in total. The van der Waals surface area contributed by atoms with Gasteiger partial charge < -0.3 is 14.7 Å². The third-order valence-electron chi connectivity index (χ3n) is 10.4. The molecule has 310 valence electrons. The molecule has 0 fully saturated rings. The Bertz CT molecular complexity index is 2160. The van der Waals surface area contributed by atoms with Gasteiger partial charge in [0.15, 0.2) is 0 Å². The predicted molar refractivity (Wildman–Crippen MR) is 218 cm³/mol. The number of carboxylic acid groups (broad SMARTS) is 1. The molecule has 13 nitrogen and oxygen atoms in total. The second-order valence-electron chi connectivity index (χ2n) is 14.7. The molecule has 1 heterocycles. The van der Waals surface area contributed by atoms with Crippen LogP contribution in [0.3, 0.4) is 0 Å². The SMILES string of the molecule is C=C(/C=C/C=C/C=C1/N(CCCCCC(=O)O)c2ccc(CCOC)cc2C1(C)CCCS(=O)(=O)O)C(C)(CCCS(=O)(=O)O)c1cc(S(=O)(=O)O)ccc1C. The van der Waals surface area contributed by atoms with Gasteiger partial charge in [0.05, 0.1) is 23.0 Å². The van der Waals surface area contributed by atoms with Crippen molar-refractivity contribution >= 4 is 42.0 Å². The van der Waals surface area contributed by atoms with Crippen molar-refractivity contribution in [3.05, 3.63) is 107 Å². The molecule has 1 aliphatic rings. The van der Waals surface area contributed by atoms with Crippen LogP contribution >= 0.6 is 0 Å². The minimum Gasteiger partial charge on any atom is -0.481 e. The minimum absolute atomic E-state index is 0.0374. The zero-order chi connectivity index (χ0) is 42.0. The van der Waals surface area contributed by atoms with Crippen LogP contribution in [0.1, 0.15) is 87.5 Å². The van der Waals surface area contributed by atoms with Crippen molar-refractivity contribution in [1.29, 1.82) is 0 Å². The fourth-order valence-electron chi connectivity index (χ4n) is 7.31. The number of hydrogen-bond acceptors (Lipinski definition) is 9. The van der Waals surface area contributed by atoms with E-state index in [1.165, 1.54) is 12.1 Å². The topological polar surface area (TPSA) is 213 Å². The molecule has 0 aromatic heterocycles. The number of nitrogens with zero attached hydrogens (tertiary/aromatic N) is 1. The van der Waals surface area contributed by atoms with E-state index in [4.69, 9.17) is 9.84 Å². The van der Waals surface area contributed by atoms with E-state index in [9.17, 15) is 43.7 Å². The Morgan fingerprint density at radius 3 is 2.21 bits per heavy atom. The highest BCUT2D eigenvalue weighted by Gasteiger charge is 2.43. The van der Waals surface area contributed by atoms with E-state index < -0.39 is 58.7 Å². The summed E-state index contributed by atoms with van der Waals surface area (Å²) in [5.41, 5.74) is 3.92. The van der Waals surface area contributed by atoms with Crippen LogP contribution in [-0.4, -0.2) is 81.8 Å². The summed E-state index contributed by atoms with van der Waals surface area (Å²) < 4.78 is 105. The highest BCUT2D eigenvalue weighted by Crippen LogP contribution is 2.51. The normalized spacial score (nSPS) is 18.2. The van der Waals surface area contributed by atoms with E-state index in [1.54, 1.807) is 45.3 Å². The summed E-state index contributed by atoms with van der Waals surface area (Å²) in [5, 5.41) is 9.12. The fraction of sp³-hybridized carbons (Fsp3) is 0.475. The van der Waals surface area contributed by atoms with Crippen molar-refractivity contribution in [3.8, 4) is 0 Å². The molecule has 2 atom stereocenters. The number of methoxy groups -OCH3 is 1. The van der Waals surface area contributed by atoms with Gasteiger partial charge in [-0.2, -0.15) is 25.3 Å². The maximum Gasteiger partial charge on any atom is 0.303 e. The molecule has 0 bridgehead atoms. The molecule has 56 heavy (non-hydrogen) atoms. The Hall–Kier alpha value is -3.64. The van der Waals surface area contributed by atoms with Crippen molar-refractivity contribution in [1.82, 2.24) is 0 Å². The van der Waals surface area contributed by atoms with Crippen LogP contribution in [-0.2, 0) is 57.1 Å². The highest BCUT2D eigenvalue weighted by molar-refractivity contribution is 7.86. The maximum atomic E-state index is 12.0. The maximum absolute atomic E-state index is 12.0. The summed E-state index contributed by atoms with van der Waals surface area (Å²) in [5.74, 6) is -1.77. The number of unbranched alkanes of at least 4 members (excludes halogenated alkanes) is 2. The summed E-state index contributed by atoms with van der Waals surface area (Å²) in [4.78, 5) is 13.0. The molecule has 0 saturated carbocycles. The summed E-state index contributed by atoms with van der Waals surface area (Å²) in [7, 11) is -11.4. The van der Waals surface area contributed by atoms with Gasteiger partial charge in [-0.15, -0.1) is 0 Å². The fourth-order valence-corrected chi connectivity index (χ4v) is 8.83. The number of ether oxygens (including phenoxy) is 1. The van der Waals surface area contributed by atoms with E-state index in [0.717, 1.165) is 22.5 Å². The first-order valence-corrected chi connectivity index (χ1v) is 23.0. The van der Waals surface area contributed by atoms with Crippen LogP contribution in [0.2, 0.25) is 0 Å². The highest BCUT2D eigenvalue weighted by atomic mass is 32.2. The van der Waals surface area contributed by atoms with E-state index in [-0.39, 0.29) is 30.6 Å². The second-order valence-corrected chi connectivity index (χ2v) is 19.2. The van der Waals surface area contributed by atoms with Crippen LogP contribution in [0.5, 0.6) is 0 Å². The lowest BCUT2D eigenvalue weighted by molar-refractivity contribution is -0.137. The number of aryl methyl sites for hydroxylation is 1. The van der Waals surface area contributed by atoms with Crippen molar-refractivity contribution in [3.63, 3.8) is 0 Å². The molecule has 0 spiro atoms. The van der Waals surface area contributed by atoms with E-state index in [0.29, 0.717) is 62.0 Å². The average Bonchev–Trinajstić information content (AvgIpc) is 3.31. The van der Waals surface area contributed by atoms with Crippen LogP contribution in [0.4, 0.5) is 5.69 Å². The van der Waals surface area contributed by atoms with Gasteiger partial charge in [0.1, 0.15) is 0 Å². The number of allylic oxidation sites excluding steroid dienone is 7.